The Labute approximate surface area is 201 Å². The Morgan fingerprint density at radius 2 is 1.85 bits per heavy atom. The van der Waals surface area contributed by atoms with Crippen molar-refractivity contribution in [3.05, 3.63) is 53.9 Å². The lowest BCUT2D eigenvalue weighted by atomic mass is 9.87. The van der Waals surface area contributed by atoms with E-state index in [-0.39, 0.29) is 5.92 Å². The van der Waals surface area contributed by atoms with Crippen LogP contribution in [0.2, 0.25) is 0 Å². The molecule has 2 aliphatic heterocycles. The molecule has 2 saturated heterocycles. The van der Waals surface area contributed by atoms with E-state index in [9.17, 15) is 4.79 Å². The molecule has 3 aliphatic rings. The fraction of sp³-hybridized carbons (Fsp3) is 0.481. The summed E-state index contributed by atoms with van der Waals surface area (Å²) in [6.07, 6.45) is 7.58. The average Bonchev–Trinajstić information content (AvgIpc) is 3.64. The zero-order valence-corrected chi connectivity index (χ0v) is 20.0. The van der Waals surface area contributed by atoms with Crippen LogP contribution in [0.15, 0.2) is 47.7 Å². The van der Waals surface area contributed by atoms with Crippen LogP contribution in [0.4, 0.5) is 4.39 Å². The molecule has 0 unspecified atom stereocenters. The zero-order valence-electron chi connectivity index (χ0n) is 20.0. The molecule has 1 atom stereocenters. The highest BCUT2D eigenvalue weighted by atomic mass is 19.1. The summed E-state index contributed by atoms with van der Waals surface area (Å²) in [5, 5.41) is 7.40. The molecule has 1 aliphatic carbocycles. The van der Waals surface area contributed by atoms with Gasteiger partial charge in [0, 0.05) is 57.1 Å². The van der Waals surface area contributed by atoms with Crippen LogP contribution in [0.25, 0.3) is 16.8 Å². The fourth-order valence-corrected chi connectivity index (χ4v) is 5.24. The van der Waals surface area contributed by atoms with Gasteiger partial charge in [-0.2, -0.15) is 5.10 Å². The lowest BCUT2D eigenvalue weighted by Gasteiger charge is -2.37. The van der Waals surface area contributed by atoms with Crippen LogP contribution in [-0.4, -0.2) is 66.4 Å². The van der Waals surface area contributed by atoms with E-state index < -0.39 is 5.67 Å². The molecule has 7 heteroatoms. The van der Waals surface area contributed by atoms with Crippen molar-refractivity contribution in [2.45, 2.75) is 38.3 Å². The number of alkyl halides is 1. The number of halogens is 1. The van der Waals surface area contributed by atoms with Crippen LogP contribution < -0.4 is 5.32 Å². The van der Waals surface area contributed by atoms with Crippen LogP contribution in [-0.2, 0) is 10.5 Å². The molecule has 0 spiro atoms. The normalized spacial score (nSPS) is 23.8. The van der Waals surface area contributed by atoms with Gasteiger partial charge in [0.1, 0.15) is 5.67 Å². The van der Waals surface area contributed by atoms with Gasteiger partial charge < -0.3 is 15.1 Å². The summed E-state index contributed by atoms with van der Waals surface area (Å²) in [6.45, 7) is 10.2. The first-order valence-corrected chi connectivity index (χ1v) is 12.4. The van der Waals surface area contributed by atoms with Gasteiger partial charge in [0.05, 0.1) is 11.4 Å². The van der Waals surface area contributed by atoms with Gasteiger partial charge in [-0.1, -0.05) is 30.3 Å². The van der Waals surface area contributed by atoms with Crippen molar-refractivity contribution in [2.24, 2.45) is 11.0 Å². The SMILES string of the molecule is C=Nn1cc(-c2ccc([C@]3(F)CCCNC3)cc2)cc1/C(=C\C)N1CCN(C(=O)C2CC2)CC1. The van der Waals surface area contributed by atoms with Gasteiger partial charge in [-0.05, 0) is 56.3 Å². The van der Waals surface area contributed by atoms with E-state index in [1.165, 1.54) is 0 Å². The number of piperidine rings is 1. The van der Waals surface area contributed by atoms with Crippen LogP contribution in [0, 0.1) is 5.92 Å². The van der Waals surface area contributed by atoms with E-state index in [1.807, 2.05) is 47.0 Å². The Kier molecular flexibility index (Phi) is 6.30. The van der Waals surface area contributed by atoms with Crippen LogP contribution in [0.3, 0.4) is 0 Å². The first kappa shape index (κ1) is 22.8. The van der Waals surface area contributed by atoms with Gasteiger partial charge in [0.2, 0.25) is 5.91 Å². The second-order valence-electron chi connectivity index (χ2n) is 9.68. The predicted octanol–water partition coefficient (Wildman–Crippen LogP) is 4.08. The van der Waals surface area contributed by atoms with E-state index >= 15 is 4.39 Å². The minimum Gasteiger partial charge on any atom is -0.367 e. The minimum atomic E-state index is -1.29. The molecule has 3 fully saturated rings. The number of piperazine rings is 1. The molecule has 3 heterocycles. The second kappa shape index (κ2) is 9.37. The van der Waals surface area contributed by atoms with Crippen molar-refractivity contribution in [3.63, 3.8) is 0 Å². The third kappa shape index (κ3) is 4.41. The Morgan fingerprint density at radius 1 is 1.15 bits per heavy atom. The minimum absolute atomic E-state index is 0.269. The van der Waals surface area contributed by atoms with Crippen molar-refractivity contribution in [1.29, 1.82) is 0 Å². The maximum atomic E-state index is 15.3. The van der Waals surface area contributed by atoms with Gasteiger partial charge in [-0.3, -0.25) is 4.79 Å². The van der Waals surface area contributed by atoms with Gasteiger partial charge in [0.25, 0.3) is 0 Å². The topological polar surface area (TPSA) is 52.9 Å². The quantitative estimate of drug-likeness (QED) is 0.657. The smallest absolute Gasteiger partial charge is 0.225 e. The van der Waals surface area contributed by atoms with Gasteiger partial charge in [-0.15, -0.1) is 0 Å². The number of carbonyl (C=O) groups is 1. The first-order chi connectivity index (χ1) is 16.5. The van der Waals surface area contributed by atoms with Crippen molar-refractivity contribution in [1.82, 2.24) is 19.8 Å². The third-order valence-corrected chi connectivity index (χ3v) is 7.41. The molecular weight excluding hydrogens is 429 g/mol. The molecule has 180 valence electrons. The van der Waals surface area contributed by atoms with Gasteiger partial charge in [-0.25, -0.2) is 9.07 Å². The molecule has 6 nitrogen and oxygen atoms in total. The Morgan fingerprint density at radius 3 is 2.44 bits per heavy atom. The summed E-state index contributed by atoms with van der Waals surface area (Å²) < 4.78 is 17.1. The number of benzene rings is 1. The molecule has 5 rings (SSSR count). The summed E-state index contributed by atoms with van der Waals surface area (Å²) in [6, 6.07) is 9.93. The highest BCUT2D eigenvalue weighted by molar-refractivity contribution is 5.81. The van der Waals surface area contributed by atoms with E-state index in [0.29, 0.717) is 18.9 Å². The zero-order chi connectivity index (χ0) is 23.7. The maximum Gasteiger partial charge on any atom is 0.225 e. The number of aromatic nitrogens is 1. The monoisotopic (exact) mass is 463 g/mol. The van der Waals surface area contributed by atoms with E-state index in [2.05, 4.69) is 34.2 Å². The largest absolute Gasteiger partial charge is 0.367 e. The van der Waals surface area contributed by atoms with Crippen LogP contribution >= 0.6 is 0 Å². The van der Waals surface area contributed by atoms with E-state index in [1.54, 1.807) is 0 Å². The molecule has 34 heavy (non-hydrogen) atoms. The first-order valence-electron chi connectivity index (χ1n) is 12.4. The second-order valence-corrected chi connectivity index (χ2v) is 9.68. The Bertz CT molecular complexity index is 1070. The average molecular weight is 464 g/mol. The Balaban J connectivity index is 1.33. The molecule has 1 aromatic heterocycles. The fourth-order valence-electron chi connectivity index (χ4n) is 5.24. The number of amides is 1. The van der Waals surface area contributed by atoms with Crippen molar-refractivity contribution >= 4 is 18.3 Å². The number of rotatable bonds is 6. The molecular formula is C27H34FN5O. The lowest BCUT2D eigenvalue weighted by Crippen LogP contribution is -2.48. The number of carbonyl (C=O) groups excluding carboxylic acids is 1. The maximum absolute atomic E-state index is 15.3. The summed E-state index contributed by atoms with van der Waals surface area (Å²) in [4.78, 5) is 16.8. The van der Waals surface area contributed by atoms with Crippen molar-refractivity contribution < 1.29 is 9.18 Å². The molecule has 1 amide bonds. The molecule has 1 aromatic carbocycles. The van der Waals surface area contributed by atoms with Crippen molar-refractivity contribution in [2.75, 3.05) is 39.3 Å². The molecule has 0 radical (unpaired) electrons. The Hall–Kier alpha value is -2.93. The number of allylic oxidation sites excluding steroid dienone is 1. The van der Waals surface area contributed by atoms with Crippen LogP contribution in [0.1, 0.15) is 43.9 Å². The summed E-state index contributed by atoms with van der Waals surface area (Å²) in [5.41, 5.74) is 3.54. The summed E-state index contributed by atoms with van der Waals surface area (Å²) in [7, 11) is 0. The number of nitrogens with zero attached hydrogens (tertiary/aromatic N) is 4. The van der Waals surface area contributed by atoms with Crippen LogP contribution in [0.5, 0.6) is 0 Å². The number of hydrogen-bond acceptors (Lipinski definition) is 4. The highest BCUT2D eigenvalue weighted by Crippen LogP contribution is 2.35. The van der Waals surface area contributed by atoms with Gasteiger partial charge in [0.15, 0.2) is 0 Å². The van der Waals surface area contributed by atoms with E-state index in [4.69, 9.17) is 0 Å². The van der Waals surface area contributed by atoms with Crippen molar-refractivity contribution in [3.8, 4) is 11.1 Å². The lowest BCUT2D eigenvalue weighted by molar-refractivity contribution is -0.133. The van der Waals surface area contributed by atoms with Gasteiger partial charge >= 0.3 is 0 Å². The summed E-state index contributed by atoms with van der Waals surface area (Å²) >= 11 is 0. The number of hydrogen-bond donors (Lipinski definition) is 1. The standard InChI is InChI=1S/C27H34FN5O/c1-3-24(31-13-15-32(16-14-31)26(34)21-5-6-21)25-17-22(18-33(25)29-2)20-7-9-23(10-8-20)27(28)11-4-12-30-19-27/h3,7-10,17-18,21,30H,2,4-6,11-16,19H2,1H3/b24-3+/t27-/m0/s1. The predicted molar refractivity (Wildman–Crippen MR) is 134 cm³/mol. The molecule has 1 N–H and O–H groups in total. The summed E-state index contributed by atoms with van der Waals surface area (Å²) in [5.74, 6) is 0.591. The van der Waals surface area contributed by atoms with E-state index in [0.717, 1.165) is 80.1 Å². The highest BCUT2D eigenvalue weighted by Gasteiger charge is 2.35. The number of nitrogens with one attached hydrogen (secondary N) is 1. The molecule has 2 aromatic rings. The third-order valence-electron chi connectivity index (χ3n) is 7.41. The molecule has 0 bridgehead atoms. The molecule has 1 saturated carbocycles.